The van der Waals surface area contributed by atoms with Crippen LogP contribution in [0.5, 0.6) is 5.75 Å². The first kappa shape index (κ1) is 15.7. The maximum Gasteiger partial charge on any atom is 0.191 e. The van der Waals surface area contributed by atoms with E-state index >= 15 is 0 Å². The van der Waals surface area contributed by atoms with Crippen molar-refractivity contribution in [3.63, 3.8) is 0 Å². The highest BCUT2D eigenvalue weighted by atomic mass is 16.5. The molecule has 0 bridgehead atoms. The van der Waals surface area contributed by atoms with Crippen molar-refractivity contribution >= 4 is 5.96 Å². The summed E-state index contributed by atoms with van der Waals surface area (Å²) in [7, 11) is 0. The number of piperidine rings is 1. The molecule has 21 heavy (non-hydrogen) atoms. The normalized spacial score (nSPS) is 17.3. The molecule has 0 atom stereocenters. The molecule has 1 aliphatic heterocycles. The Morgan fingerprint density at radius 1 is 1.29 bits per heavy atom. The highest BCUT2D eigenvalue weighted by Gasteiger charge is 2.16. The Bertz CT molecular complexity index is 459. The van der Waals surface area contributed by atoms with Crippen molar-refractivity contribution < 1.29 is 4.74 Å². The van der Waals surface area contributed by atoms with Crippen LogP contribution >= 0.6 is 0 Å². The third kappa shape index (κ3) is 4.96. The minimum atomic E-state index is 0.200. The lowest BCUT2D eigenvalue weighted by molar-refractivity contribution is 0.242. The molecule has 4 nitrogen and oxygen atoms in total. The van der Waals surface area contributed by atoms with Crippen LogP contribution in [-0.2, 0) is 6.54 Å². The minimum Gasteiger partial charge on any atom is -0.491 e. The Morgan fingerprint density at radius 3 is 2.48 bits per heavy atom. The molecule has 1 fully saturated rings. The summed E-state index contributed by atoms with van der Waals surface area (Å²) in [6.45, 7) is 9.03. The van der Waals surface area contributed by atoms with Crippen LogP contribution in [0.25, 0.3) is 0 Å². The zero-order valence-corrected chi connectivity index (χ0v) is 13.4. The summed E-state index contributed by atoms with van der Waals surface area (Å²) in [6.07, 6.45) is 2.61. The largest absolute Gasteiger partial charge is 0.491 e. The van der Waals surface area contributed by atoms with Gasteiger partial charge in [-0.2, -0.15) is 0 Å². The number of hydrogen-bond donors (Lipinski definition) is 1. The summed E-state index contributed by atoms with van der Waals surface area (Å²) >= 11 is 0. The molecule has 0 radical (unpaired) electrons. The molecule has 0 amide bonds. The number of benzene rings is 1. The van der Waals surface area contributed by atoms with Gasteiger partial charge in [-0.05, 0) is 50.3 Å². The van der Waals surface area contributed by atoms with E-state index in [4.69, 9.17) is 10.5 Å². The zero-order chi connectivity index (χ0) is 15.2. The van der Waals surface area contributed by atoms with Crippen molar-refractivity contribution in [2.24, 2.45) is 16.6 Å². The topological polar surface area (TPSA) is 50.8 Å². The number of nitrogens with two attached hydrogens (primary N) is 1. The lowest BCUT2D eigenvalue weighted by atomic mass is 10.00. The van der Waals surface area contributed by atoms with Gasteiger partial charge in [-0.25, -0.2) is 4.99 Å². The van der Waals surface area contributed by atoms with Crippen LogP contribution in [0.3, 0.4) is 0 Å². The highest BCUT2D eigenvalue weighted by Crippen LogP contribution is 2.16. The first-order valence-electron chi connectivity index (χ1n) is 7.85. The molecule has 1 saturated heterocycles. The van der Waals surface area contributed by atoms with Gasteiger partial charge in [0.15, 0.2) is 5.96 Å². The van der Waals surface area contributed by atoms with E-state index in [0.717, 1.165) is 30.3 Å². The van der Waals surface area contributed by atoms with Gasteiger partial charge < -0.3 is 15.4 Å². The lowest BCUT2D eigenvalue weighted by Gasteiger charge is -2.31. The summed E-state index contributed by atoms with van der Waals surface area (Å²) in [5, 5.41) is 0. The van der Waals surface area contributed by atoms with Gasteiger partial charge in [-0.3, -0.25) is 0 Å². The molecule has 0 unspecified atom stereocenters. The average molecular weight is 289 g/mol. The number of hydrogen-bond acceptors (Lipinski definition) is 2. The van der Waals surface area contributed by atoms with Crippen LogP contribution in [0.4, 0.5) is 0 Å². The molecule has 1 heterocycles. The van der Waals surface area contributed by atoms with E-state index in [9.17, 15) is 0 Å². The van der Waals surface area contributed by atoms with Gasteiger partial charge in [0.05, 0.1) is 12.6 Å². The highest BCUT2D eigenvalue weighted by molar-refractivity contribution is 5.78. The molecule has 2 N–H and O–H groups in total. The molecule has 4 heteroatoms. The molecule has 1 aromatic rings. The Kier molecular flexibility index (Phi) is 5.48. The van der Waals surface area contributed by atoms with Crippen molar-refractivity contribution in [2.45, 2.75) is 46.3 Å². The van der Waals surface area contributed by atoms with Gasteiger partial charge >= 0.3 is 0 Å². The van der Waals surface area contributed by atoms with Crippen LogP contribution < -0.4 is 10.5 Å². The molecular formula is C17H27N3O. The van der Waals surface area contributed by atoms with Gasteiger partial charge in [0.2, 0.25) is 0 Å². The summed E-state index contributed by atoms with van der Waals surface area (Å²) < 4.78 is 5.63. The lowest BCUT2D eigenvalue weighted by Crippen LogP contribution is -2.42. The van der Waals surface area contributed by atoms with Crippen LogP contribution in [0.2, 0.25) is 0 Å². The molecule has 2 rings (SSSR count). The van der Waals surface area contributed by atoms with Crippen molar-refractivity contribution in [2.75, 3.05) is 13.1 Å². The van der Waals surface area contributed by atoms with Crippen LogP contribution in [0, 0.1) is 5.92 Å². The molecular weight excluding hydrogens is 262 g/mol. The fourth-order valence-electron chi connectivity index (χ4n) is 2.46. The number of guanidine groups is 1. The Morgan fingerprint density at radius 2 is 1.90 bits per heavy atom. The monoisotopic (exact) mass is 289 g/mol. The minimum absolute atomic E-state index is 0.200. The second kappa shape index (κ2) is 7.34. The van der Waals surface area contributed by atoms with Gasteiger partial charge in [-0.15, -0.1) is 0 Å². The van der Waals surface area contributed by atoms with Crippen molar-refractivity contribution in [3.8, 4) is 5.75 Å². The second-order valence-electron chi connectivity index (χ2n) is 6.15. The third-order valence-electron chi connectivity index (χ3n) is 3.83. The van der Waals surface area contributed by atoms with E-state index in [1.54, 1.807) is 0 Å². The molecule has 0 aliphatic carbocycles. The molecule has 0 spiro atoms. The first-order chi connectivity index (χ1) is 10.0. The van der Waals surface area contributed by atoms with E-state index in [0.29, 0.717) is 12.5 Å². The number of aliphatic imine (C=N–C) groups is 1. The first-order valence-corrected chi connectivity index (χ1v) is 7.85. The predicted molar refractivity (Wildman–Crippen MR) is 87.5 cm³/mol. The quantitative estimate of drug-likeness (QED) is 0.684. The standard InChI is InChI=1S/C17H27N3O/c1-13(2)21-16-6-4-15(5-7-16)12-19-17(18)20-10-8-14(3)9-11-20/h4-7,13-14H,8-12H2,1-3H3,(H2,18,19). The second-order valence-corrected chi connectivity index (χ2v) is 6.15. The van der Waals surface area contributed by atoms with Gasteiger partial charge in [0.25, 0.3) is 0 Å². The summed E-state index contributed by atoms with van der Waals surface area (Å²) in [5.41, 5.74) is 7.24. The summed E-state index contributed by atoms with van der Waals surface area (Å²) in [4.78, 5) is 6.70. The fourth-order valence-corrected chi connectivity index (χ4v) is 2.46. The molecule has 116 valence electrons. The Labute approximate surface area is 128 Å². The van der Waals surface area contributed by atoms with Crippen LogP contribution in [0.15, 0.2) is 29.3 Å². The maximum atomic E-state index is 6.09. The van der Waals surface area contributed by atoms with Crippen molar-refractivity contribution in [3.05, 3.63) is 29.8 Å². The molecule has 0 aromatic heterocycles. The zero-order valence-electron chi connectivity index (χ0n) is 13.4. The van der Waals surface area contributed by atoms with Gasteiger partial charge in [0.1, 0.15) is 5.75 Å². The van der Waals surface area contributed by atoms with E-state index in [-0.39, 0.29) is 6.10 Å². The van der Waals surface area contributed by atoms with Crippen LogP contribution in [0.1, 0.15) is 39.2 Å². The number of rotatable bonds is 4. The van der Waals surface area contributed by atoms with E-state index < -0.39 is 0 Å². The van der Waals surface area contributed by atoms with Crippen LogP contribution in [-0.4, -0.2) is 30.1 Å². The van der Waals surface area contributed by atoms with Crippen molar-refractivity contribution in [1.82, 2.24) is 4.90 Å². The maximum absolute atomic E-state index is 6.09. The molecule has 0 saturated carbocycles. The SMILES string of the molecule is CC1CCN(C(N)=NCc2ccc(OC(C)C)cc2)CC1. The van der Waals surface area contributed by atoms with E-state index in [2.05, 4.69) is 16.8 Å². The van der Waals surface area contributed by atoms with Gasteiger partial charge in [-0.1, -0.05) is 19.1 Å². The summed E-state index contributed by atoms with van der Waals surface area (Å²) in [5.74, 6) is 2.38. The number of nitrogens with zero attached hydrogens (tertiary/aromatic N) is 2. The predicted octanol–water partition coefficient (Wildman–Crippen LogP) is 3.02. The number of ether oxygens (including phenoxy) is 1. The van der Waals surface area contributed by atoms with Gasteiger partial charge in [0, 0.05) is 13.1 Å². The summed E-state index contributed by atoms with van der Waals surface area (Å²) in [6, 6.07) is 8.08. The molecule has 1 aliphatic rings. The average Bonchev–Trinajstić information content (AvgIpc) is 2.46. The third-order valence-corrected chi connectivity index (χ3v) is 3.83. The Hall–Kier alpha value is -1.71. The van der Waals surface area contributed by atoms with Crippen molar-refractivity contribution in [1.29, 1.82) is 0 Å². The molecule has 1 aromatic carbocycles. The smallest absolute Gasteiger partial charge is 0.191 e. The fraction of sp³-hybridized carbons (Fsp3) is 0.588. The number of likely N-dealkylation sites (tertiary alicyclic amines) is 1. The Balaban J connectivity index is 1.87. The van der Waals surface area contributed by atoms with E-state index in [1.165, 1.54) is 12.8 Å². The van der Waals surface area contributed by atoms with E-state index in [1.807, 2.05) is 38.1 Å².